The highest BCUT2D eigenvalue weighted by Gasteiger charge is 2.21. The molecule has 0 radical (unpaired) electrons. The van der Waals surface area contributed by atoms with E-state index in [0.29, 0.717) is 6.04 Å². The van der Waals surface area contributed by atoms with Crippen LogP contribution < -0.4 is 5.32 Å². The van der Waals surface area contributed by atoms with Crippen molar-refractivity contribution >= 4 is 11.3 Å². The molecule has 1 aliphatic carbocycles. The summed E-state index contributed by atoms with van der Waals surface area (Å²) >= 11 is 1.95. The summed E-state index contributed by atoms with van der Waals surface area (Å²) in [4.78, 5) is 2.92. The second-order valence-corrected chi connectivity index (χ2v) is 7.15. The predicted molar refractivity (Wildman–Crippen MR) is 92.3 cm³/mol. The molecule has 1 nitrogen and oxygen atoms in total. The minimum absolute atomic E-state index is 0.348. The van der Waals surface area contributed by atoms with E-state index in [4.69, 9.17) is 0 Å². The quantitative estimate of drug-likeness (QED) is 0.765. The van der Waals surface area contributed by atoms with E-state index in [1.54, 1.807) is 0 Å². The van der Waals surface area contributed by atoms with E-state index in [1.165, 1.54) is 40.1 Å². The van der Waals surface area contributed by atoms with Gasteiger partial charge in [0.1, 0.15) is 0 Å². The third-order valence-corrected chi connectivity index (χ3v) is 5.84. The van der Waals surface area contributed by atoms with Gasteiger partial charge in [-0.05, 0) is 55.0 Å². The first-order chi connectivity index (χ1) is 10.3. The summed E-state index contributed by atoms with van der Waals surface area (Å²) < 4.78 is 0. The molecule has 1 heterocycles. The Morgan fingerprint density at radius 2 is 2.05 bits per heavy atom. The molecular weight excluding hydrogens is 274 g/mol. The Morgan fingerprint density at radius 1 is 1.19 bits per heavy atom. The van der Waals surface area contributed by atoms with Crippen molar-refractivity contribution in [1.82, 2.24) is 5.32 Å². The number of nitrogens with one attached hydrogen (secondary N) is 1. The molecule has 1 unspecified atom stereocenters. The van der Waals surface area contributed by atoms with E-state index in [2.05, 4.69) is 55.6 Å². The lowest BCUT2D eigenvalue weighted by Gasteiger charge is -2.27. The average molecular weight is 299 g/mol. The molecule has 21 heavy (non-hydrogen) atoms. The van der Waals surface area contributed by atoms with E-state index < -0.39 is 0 Å². The number of aryl methyl sites for hydroxylation is 1. The summed E-state index contributed by atoms with van der Waals surface area (Å²) in [7, 11) is 0. The maximum Gasteiger partial charge on any atom is 0.0671 e. The molecule has 0 amide bonds. The van der Waals surface area contributed by atoms with Crippen LogP contribution in [0.25, 0.3) is 0 Å². The lowest BCUT2D eigenvalue weighted by Crippen LogP contribution is -2.21. The van der Waals surface area contributed by atoms with Crippen LogP contribution in [0.1, 0.15) is 66.0 Å². The Labute approximate surface area is 132 Å². The van der Waals surface area contributed by atoms with Crippen LogP contribution in [0, 0.1) is 0 Å². The third-order valence-electron chi connectivity index (χ3n) is 4.54. The maximum atomic E-state index is 3.67. The molecule has 2 heteroatoms. The monoisotopic (exact) mass is 299 g/mol. The Bertz CT molecular complexity index is 583. The zero-order valence-corrected chi connectivity index (χ0v) is 13.9. The summed E-state index contributed by atoms with van der Waals surface area (Å²) in [6, 6.07) is 14.2. The second-order valence-electron chi connectivity index (χ2n) is 5.95. The minimum Gasteiger partial charge on any atom is -0.306 e. The zero-order chi connectivity index (χ0) is 14.7. The standard InChI is InChI=1S/C19H25NS/c1-3-17-11-12-18(21-17)19(20-4-2)16-10-6-9-15(13-16)14-7-5-8-14/h6,9-14,19-20H,3-5,7-8H2,1-2H3. The lowest BCUT2D eigenvalue weighted by atomic mass is 9.79. The van der Waals surface area contributed by atoms with Gasteiger partial charge in [-0.3, -0.25) is 0 Å². The summed E-state index contributed by atoms with van der Waals surface area (Å²) in [6.07, 6.45) is 5.27. The highest BCUT2D eigenvalue weighted by atomic mass is 32.1. The zero-order valence-electron chi connectivity index (χ0n) is 13.1. The van der Waals surface area contributed by atoms with Gasteiger partial charge in [-0.1, -0.05) is 44.5 Å². The van der Waals surface area contributed by atoms with Crippen LogP contribution in [0.15, 0.2) is 36.4 Å². The van der Waals surface area contributed by atoms with Crippen LogP contribution >= 0.6 is 11.3 Å². The van der Waals surface area contributed by atoms with E-state index >= 15 is 0 Å². The molecule has 1 N–H and O–H groups in total. The van der Waals surface area contributed by atoms with Crippen molar-refractivity contribution in [1.29, 1.82) is 0 Å². The molecule has 1 aliphatic rings. The van der Waals surface area contributed by atoms with Crippen molar-refractivity contribution in [3.63, 3.8) is 0 Å². The van der Waals surface area contributed by atoms with Gasteiger partial charge in [-0.2, -0.15) is 0 Å². The van der Waals surface area contributed by atoms with Gasteiger partial charge in [-0.15, -0.1) is 11.3 Å². The molecule has 0 aliphatic heterocycles. The van der Waals surface area contributed by atoms with Crippen LogP contribution in [0.2, 0.25) is 0 Å². The van der Waals surface area contributed by atoms with Gasteiger partial charge in [0.05, 0.1) is 6.04 Å². The van der Waals surface area contributed by atoms with Crippen molar-refractivity contribution in [2.24, 2.45) is 0 Å². The third kappa shape index (κ3) is 3.22. The first-order valence-corrected chi connectivity index (χ1v) is 9.05. The molecule has 0 bridgehead atoms. The molecule has 112 valence electrons. The van der Waals surface area contributed by atoms with E-state index in [9.17, 15) is 0 Å². The number of rotatable bonds is 6. The van der Waals surface area contributed by atoms with Crippen LogP contribution in [-0.4, -0.2) is 6.54 Å². The number of hydrogen-bond acceptors (Lipinski definition) is 2. The summed E-state index contributed by atoms with van der Waals surface area (Å²) in [5.41, 5.74) is 2.96. The second kappa shape index (κ2) is 6.76. The van der Waals surface area contributed by atoms with Gasteiger partial charge in [-0.25, -0.2) is 0 Å². The summed E-state index contributed by atoms with van der Waals surface area (Å²) in [5, 5.41) is 3.67. The van der Waals surface area contributed by atoms with Crippen LogP contribution in [0.5, 0.6) is 0 Å². The average Bonchev–Trinajstić information content (AvgIpc) is 2.92. The van der Waals surface area contributed by atoms with Crippen LogP contribution in [0.4, 0.5) is 0 Å². The van der Waals surface area contributed by atoms with Crippen LogP contribution in [0.3, 0.4) is 0 Å². The SMILES string of the molecule is CCNC(c1cccc(C2CCC2)c1)c1ccc(CC)s1. The van der Waals surface area contributed by atoms with E-state index in [-0.39, 0.29) is 0 Å². The minimum atomic E-state index is 0.348. The summed E-state index contributed by atoms with van der Waals surface area (Å²) in [6.45, 7) is 5.42. The Morgan fingerprint density at radius 3 is 2.67 bits per heavy atom. The molecule has 1 aromatic heterocycles. The molecule has 1 atom stereocenters. The van der Waals surface area contributed by atoms with Gasteiger partial charge in [0.2, 0.25) is 0 Å². The molecule has 2 aromatic rings. The largest absolute Gasteiger partial charge is 0.306 e. The van der Waals surface area contributed by atoms with E-state index in [0.717, 1.165) is 18.9 Å². The number of benzene rings is 1. The van der Waals surface area contributed by atoms with Crippen LogP contribution in [-0.2, 0) is 6.42 Å². The van der Waals surface area contributed by atoms with Gasteiger partial charge >= 0.3 is 0 Å². The van der Waals surface area contributed by atoms with Crippen molar-refractivity contribution < 1.29 is 0 Å². The first-order valence-electron chi connectivity index (χ1n) is 8.23. The van der Waals surface area contributed by atoms with Gasteiger partial charge < -0.3 is 5.32 Å². The molecule has 1 aromatic carbocycles. The van der Waals surface area contributed by atoms with Crippen molar-refractivity contribution in [2.75, 3.05) is 6.54 Å². The molecule has 3 rings (SSSR count). The van der Waals surface area contributed by atoms with Gasteiger partial charge in [0, 0.05) is 9.75 Å². The molecule has 1 saturated carbocycles. The molecule has 1 fully saturated rings. The molecule has 0 spiro atoms. The number of thiophene rings is 1. The van der Waals surface area contributed by atoms with Gasteiger partial charge in [0.25, 0.3) is 0 Å². The normalized spacial score (nSPS) is 16.7. The highest BCUT2D eigenvalue weighted by molar-refractivity contribution is 7.12. The van der Waals surface area contributed by atoms with Gasteiger partial charge in [0.15, 0.2) is 0 Å². The Kier molecular flexibility index (Phi) is 4.77. The molecular formula is C19H25NS. The fourth-order valence-corrected chi connectivity index (χ4v) is 4.12. The number of hydrogen-bond donors (Lipinski definition) is 1. The van der Waals surface area contributed by atoms with Crippen molar-refractivity contribution in [3.8, 4) is 0 Å². The highest BCUT2D eigenvalue weighted by Crippen LogP contribution is 2.38. The lowest BCUT2D eigenvalue weighted by molar-refractivity contribution is 0.419. The fourth-order valence-electron chi connectivity index (χ4n) is 3.06. The fraction of sp³-hybridized carbons (Fsp3) is 0.474. The summed E-state index contributed by atoms with van der Waals surface area (Å²) in [5.74, 6) is 0.807. The predicted octanol–water partition coefficient (Wildman–Crippen LogP) is 5.28. The first kappa shape index (κ1) is 14.8. The molecule has 0 saturated heterocycles. The van der Waals surface area contributed by atoms with E-state index in [1.807, 2.05) is 11.3 Å². The topological polar surface area (TPSA) is 12.0 Å². The Hall–Kier alpha value is -1.12. The van der Waals surface area contributed by atoms with Crippen molar-refractivity contribution in [3.05, 3.63) is 57.3 Å². The Balaban J connectivity index is 1.89. The van der Waals surface area contributed by atoms with Crippen molar-refractivity contribution in [2.45, 2.75) is 51.5 Å². The maximum absolute atomic E-state index is 3.67. The smallest absolute Gasteiger partial charge is 0.0671 e.